The SMILES string of the molecule is CC(C)(C)OC(=O)N1CCc2[nH]cnc2C1c1ccc(Br)cc1. The molecule has 0 bridgehead atoms. The number of halogens is 1. The first kappa shape index (κ1) is 16.1. The summed E-state index contributed by atoms with van der Waals surface area (Å²) in [5.41, 5.74) is 2.47. The van der Waals surface area contributed by atoms with Crippen molar-refractivity contribution in [1.29, 1.82) is 0 Å². The second kappa shape index (κ2) is 6.00. The van der Waals surface area contributed by atoms with Crippen LogP contribution in [0.25, 0.3) is 0 Å². The van der Waals surface area contributed by atoms with Gasteiger partial charge in [0.2, 0.25) is 0 Å². The minimum absolute atomic E-state index is 0.229. The Morgan fingerprint density at radius 1 is 1.35 bits per heavy atom. The van der Waals surface area contributed by atoms with Crippen LogP contribution in [0.15, 0.2) is 35.1 Å². The topological polar surface area (TPSA) is 58.2 Å². The van der Waals surface area contributed by atoms with E-state index in [4.69, 9.17) is 4.74 Å². The van der Waals surface area contributed by atoms with Crippen LogP contribution in [-0.4, -0.2) is 33.1 Å². The molecule has 3 rings (SSSR count). The van der Waals surface area contributed by atoms with Gasteiger partial charge >= 0.3 is 6.09 Å². The van der Waals surface area contributed by atoms with Crippen molar-refractivity contribution in [2.75, 3.05) is 6.54 Å². The lowest BCUT2D eigenvalue weighted by molar-refractivity contribution is 0.0174. The van der Waals surface area contributed by atoms with E-state index in [-0.39, 0.29) is 12.1 Å². The molecule has 2 aromatic rings. The number of rotatable bonds is 1. The Kier molecular flexibility index (Phi) is 4.19. The van der Waals surface area contributed by atoms with Crippen LogP contribution < -0.4 is 0 Å². The normalized spacial score (nSPS) is 17.7. The van der Waals surface area contributed by atoms with Crippen LogP contribution in [0.3, 0.4) is 0 Å². The van der Waals surface area contributed by atoms with Crippen LogP contribution in [0, 0.1) is 0 Å². The number of aromatic nitrogens is 2. The summed E-state index contributed by atoms with van der Waals surface area (Å²) < 4.78 is 6.59. The molecule has 1 aliphatic heterocycles. The van der Waals surface area contributed by atoms with Gasteiger partial charge in [-0.25, -0.2) is 9.78 Å². The van der Waals surface area contributed by atoms with Gasteiger partial charge in [-0.3, -0.25) is 4.90 Å². The predicted octanol–water partition coefficient (Wildman–Crippen LogP) is 4.05. The molecule has 1 amide bonds. The molecule has 1 N–H and O–H groups in total. The zero-order chi connectivity index (χ0) is 16.6. The number of imidazole rings is 1. The van der Waals surface area contributed by atoms with Crippen molar-refractivity contribution in [3.05, 3.63) is 52.0 Å². The Hall–Kier alpha value is -1.82. The van der Waals surface area contributed by atoms with Gasteiger partial charge in [-0.05, 0) is 38.5 Å². The van der Waals surface area contributed by atoms with E-state index >= 15 is 0 Å². The summed E-state index contributed by atoms with van der Waals surface area (Å²) in [7, 11) is 0. The number of carbonyl (C=O) groups excluding carboxylic acids is 1. The summed E-state index contributed by atoms with van der Waals surface area (Å²) in [6, 6.07) is 7.74. The number of nitrogens with zero attached hydrogens (tertiary/aromatic N) is 2. The fourth-order valence-electron chi connectivity index (χ4n) is 2.78. The fraction of sp³-hybridized carbons (Fsp3) is 0.412. The van der Waals surface area contributed by atoms with Crippen molar-refractivity contribution in [2.24, 2.45) is 0 Å². The zero-order valence-electron chi connectivity index (χ0n) is 13.5. The first-order valence-electron chi connectivity index (χ1n) is 7.62. The Morgan fingerprint density at radius 3 is 2.70 bits per heavy atom. The van der Waals surface area contributed by atoms with E-state index in [0.717, 1.165) is 27.8 Å². The molecule has 1 aliphatic rings. The van der Waals surface area contributed by atoms with E-state index in [9.17, 15) is 4.79 Å². The number of aromatic amines is 1. The molecule has 0 aliphatic carbocycles. The highest BCUT2D eigenvalue weighted by atomic mass is 79.9. The zero-order valence-corrected chi connectivity index (χ0v) is 15.1. The highest BCUT2D eigenvalue weighted by Crippen LogP contribution is 2.34. The first-order valence-corrected chi connectivity index (χ1v) is 8.42. The molecule has 122 valence electrons. The summed E-state index contributed by atoms with van der Waals surface area (Å²) in [6.07, 6.45) is 2.13. The number of amides is 1. The van der Waals surface area contributed by atoms with Gasteiger partial charge in [0, 0.05) is 23.1 Å². The van der Waals surface area contributed by atoms with Crippen LogP contribution in [0.4, 0.5) is 4.79 Å². The number of carbonyl (C=O) groups is 1. The van der Waals surface area contributed by atoms with E-state index in [0.29, 0.717) is 6.54 Å². The maximum absolute atomic E-state index is 12.7. The molecule has 0 saturated carbocycles. The molecule has 23 heavy (non-hydrogen) atoms. The molecule has 2 heterocycles. The summed E-state index contributed by atoms with van der Waals surface area (Å²) in [5.74, 6) is 0. The van der Waals surface area contributed by atoms with Gasteiger partial charge < -0.3 is 9.72 Å². The van der Waals surface area contributed by atoms with Crippen molar-refractivity contribution in [1.82, 2.24) is 14.9 Å². The number of hydrogen-bond acceptors (Lipinski definition) is 3. The average molecular weight is 378 g/mol. The highest BCUT2D eigenvalue weighted by molar-refractivity contribution is 9.10. The van der Waals surface area contributed by atoms with Gasteiger partial charge in [-0.1, -0.05) is 28.1 Å². The van der Waals surface area contributed by atoms with Crippen LogP contribution in [0.2, 0.25) is 0 Å². The highest BCUT2D eigenvalue weighted by Gasteiger charge is 2.36. The molecule has 0 saturated heterocycles. The van der Waals surface area contributed by atoms with Crippen molar-refractivity contribution < 1.29 is 9.53 Å². The van der Waals surface area contributed by atoms with E-state index in [2.05, 4.69) is 25.9 Å². The maximum Gasteiger partial charge on any atom is 0.411 e. The number of fused-ring (bicyclic) bond motifs is 1. The number of H-pyrrole nitrogens is 1. The van der Waals surface area contributed by atoms with E-state index in [1.807, 2.05) is 45.0 Å². The van der Waals surface area contributed by atoms with Crippen LogP contribution in [-0.2, 0) is 11.2 Å². The molecule has 1 aromatic heterocycles. The standard InChI is InChI=1S/C17H20BrN3O2/c1-17(2,3)23-16(22)21-9-8-13-14(20-10-19-13)15(21)11-4-6-12(18)7-5-11/h4-7,10,15H,8-9H2,1-3H3,(H,19,20). The van der Waals surface area contributed by atoms with Crippen molar-refractivity contribution in [2.45, 2.75) is 38.8 Å². The Morgan fingerprint density at radius 2 is 2.04 bits per heavy atom. The van der Waals surface area contributed by atoms with Crippen LogP contribution in [0.1, 0.15) is 43.8 Å². The van der Waals surface area contributed by atoms with Crippen LogP contribution >= 0.6 is 15.9 Å². The van der Waals surface area contributed by atoms with E-state index in [1.165, 1.54) is 0 Å². The largest absolute Gasteiger partial charge is 0.444 e. The second-order valence-electron chi connectivity index (χ2n) is 6.64. The van der Waals surface area contributed by atoms with Crippen molar-refractivity contribution in [3.8, 4) is 0 Å². The van der Waals surface area contributed by atoms with Gasteiger partial charge in [0.15, 0.2) is 0 Å². The maximum atomic E-state index is 12.7. The predicted molar refractivity (Wildman–Crippen MR) is 91.2 cm³/mol. The molecule has 1 atom stereocenters. The summed E-state index contributed by atoms with van der Waals surface area (Å²) in [6.45, 7) is 6.24. The summed E-state index contributed by atoms with van der Waals surface area (Å²) in [5, 5.41) is 0. The van der Waals surface area contributed by atoms with Crippen molar-refractivity contribution >= 4 is 22.0 Å². The Balaban J connectivity index is 1.98. The van der Waals surface area contributed by atoms with Gasteiger partial charge in [-0.2, -0.15) is 0 Å². The molecule has 0 radical (unpaired) electrons. The third-order valence-electron chi connectivity index (χ3n) is 3.74. The third-order valence-corrected chi connectivity index (χ3v) is 4.27. The molecule has 6 heteroatoms. The monoisotopic (exact) mass is 377 g/mol. The smallest absolute Gasteiger partial charge is 0.411 e. The number of hydrogen-bond donors (Lipinski definition) is 1. The van der Waals surface area contributed by atoms with E-state index in [1.54, 1.807) is 11.2 Å². The Labute approximate surface area is 144 Å². The minimum Gasteiger partial charge on any atom is -0.444 e. The molecular formula is C17H20BrN3O2. The first-order chi connectivity index (χ1) is 10.8. The molecular weight excluding hydrogens is 358 g/mol. The lowest BCUT2D eigenvalue weighted by Crippen LogP contribution is -2.43. The number of benzene rings is 1. The van der Waals surface area contributed by atoms with Gasteiger partial charge in [0.1, 0.15) is 11.6 Å². The molecule has 1 aromatic carbocycles. The fourth-order valence-corrected chi connectivity index (χ4v) is 3.04. The molecule has 0 spiro atoms. The lowest BCUT2D eigenvalue weighted by atomic mass is 9.96. The summed E-state index contributed by atoms with van der Waals surface area (Å²) in [4.78, 5) is 22.0. The molecule has 5 nitrogen and oxygen atoms in total. The summed E-state index contributed by atoms with van der Waals surface area (Å²) >= 11 is 3.45. The third kappa shape index (κ3) is 3.42. The average Bonchev–Trinajstić information content (AvgIpc) is 2.93. The quantitative estimate of drug-likeness (QED) is 0.815. The van der Waals surface area contributed by atoms with Gasteiger partial charge in [-0.15, -0.1) is 0 Å². The Bertz CT molecular complexity index is 703. The molecule has 1 unspecified atom stereocenters. The van der Waals surface area contributed by atoms with Crippen LogP contribution in [0.5, 0.6) is 0 Å². The van der Waals surface area contributed by atoms with Gasteiger partial charge in [0.25, 0.3) is 0 Å². The van der Waals surface area contributed by atoms with E-state index < -0.39 is 5.60 Å². The second-order valence-corrected chi connectivity index (χ2v) is 7.56. The van der Waals surface area contributed by atoms with Gasteiger partial charge in [0.05, 0.1) is 12.0 Å². The molecule has 0 fully saturated rings. The lowest BCUT2D eigenvalue weighted by Gasteiger charge is -2.36. The number of nitrogens with one attached hydrogen (secondary N) is 1. The van der Waals surface area contributed by atoms with Crippen molar-refractivity contribution in [3.63, 3.8) is 0 Å². The number of ether oxygens (including phenoxy) is 1. The minimum atomic E-state index is -0.521.